The lowest BCUT2D eigenvalue weighted by Gasteiger charge is -2.24. The fourth-order valence-electron chi connectivity index (χ4n) is 1.90. The fourth-order valence-corrected chi connectivity index (χ4v) is 2.64. The highest BCUT2D eigenvalue weighted by Crippen LogP contribution is 2.19. The quantitative estimate of drug-likeness (QED) is 0.691. The van der Waals surface area contributed by atoms with Crippen molar-refractivity contribution in [3.05, 3.63) is 0 Å². The third-order valence-electron chi connectivity index (χ3n) is 2.61. The highest BCUT2D eigenvalue weighted by Gasteiger charge is 2.35. The van der Waals surface area contributed by atoms with Gasteiger partial charge in [0.15, 0.2) is 0 Å². The summed E-state index contributed by atoms with van der Waals surface area (Å²) in [7, 11) is -1.94. The molecule has 1 fully saturated rings. The van der Waals surface area contributed by atoms with Gasteiger partial charge < -0.3 is 14.6 Å². The number of carboxylic acids is 1. The molecule has 1 saturated heterocycles. The van der Waals surface area contributed by atoms with Crippen molar-refractivity contribution in [2.75, 3.05) is 13.2 Å². The number of hydrogen-bond acceptors (Lipinski definition) is 3. The van der Waals surface area contributed by atoms with E-state index in [1.807, 2.05) is 0 Å². The van der Waals surface area contributed by atoms with Gasteiger partial charge in [-0.1, -0.05) is 0 Å². The first kappa shape index (κ1) is 13.2. The van der Waals surface area contributed by atoms with Gasteiger partial charge in [-0.2, -0.15) is 0 Å². The molecule has 1 unspecified atom stereocenters. The second-order valence-electron chi connectivity index (χ2n) is 3.95. The smallest absolute Gasteiger partial charge is 0.326 e. The topological polar surface area (TPSA) is 86.7 Å². The number of aliphatic carboxylic acids is 1. The van der Waals surface area contributed by atoms with Crippen LogP contribution in [0.3, 0.4) is 0 Å². The van der Waals surface area contributed by atoms with Crippen LogP contribution in [0.15, 0.2) is 0 Å². The zero-order valence-corrected chi connectivity index (χ0v) is 10.4. The van der Waals surface area contributed by atoms with Crippen LogP contribution in [-0.2, 0) is 14.2 Å². The molecule has 0 aromatic heterocycles. The van der Waals surface area contributed by atoms with Crippen LogP contribution < -0.4 is 5.09 Å². The standard InChI is InChI=1S/C9H17N2O4P/c1-6(10-16(2)15)8(12)11-5-3-4-7(11)9(13)14/h6-7,16H,3-5H2,1-2H3,(H,10,15)(H,13,14)/t6-,7-/m0/s1. The molecular weight excluding hydrogens is 231 g/mol. The first-order chi connectivity index (χ1) is 7.43. The van der Waals surface area contributed by atoms with Crippen LogP contribution >= 0.6 is 7.95 Å². The van der Waals surface area contributed by atoms with Crippen molar-refractivity contribution in [1.29, 1.82) is 0 Å². The number of hydrogen-bond donors (Lipinski definition) is 2. The number of carbonyl (C=O) groups is 2. The predicted molar refractivity (Wildman–Crippen MR) is 59.9 cm³/mol. The number of nitrogens with one attached hydrogen (secondary N) is 1. The Kier molecular flexibility index (Phi) is 4.50. The highest BCUT2D eigenvalue weighted by molar-refractivity contribution is 7.41. The van der Waals surface area contributed by atoms with E-state index in [1.165, 1.54) is 11.6 Å². The molecule has 7 heteroatoms. The van der Waals surface area contributed by atoms with Crippen LogP contribution in [0.1, 0.15) is 19.8 Å². The molecule has 0 spiro atoms. The molecule has 3 atom stereocenters. The Morgan fingerprint density at radius 1 is 1.56 bits per heavy atom. The molecule has 0 radical (unpaired) electrons. The van der Waals surface area contributed by atoms with Crippen LogP contribution in [0, 0.1) is 0 Å². The Balaban J connectivity index is 2.65. The molecule has 1 aliphatic heterocycles. The second kappa shape index (κ2) is 5.46. The predicted octanol–water partition coefficient (Wildman–Crippen LogP) is 0.145. The van der Waals surface area contributed by atoms with Crippen molar-refractivity contribution < 1.29 is 19.3 Å². The lowest BCUT2D eigenvalue weighted by molar-refractivity contribution is -0.148. The molecule has 92 valence electrons. The zero-order valence-electron chi connectivity index (χ0n) is 9.40. The summed E-state index contributed by atoms with van der Waals surface area (Å²) in [4.78, 5) is 24.1. The maximum Gasteiger partial charge on any atom is 0.326 e. The minimum Gasteiger partial charge on any atom is -0.480 e. The van der Waals surface area contributed by atoms with Crippen molar-refractivity contribution in [2.24, 2.45) is 0 Å². The van der Waals surface area contributed by atoms with E-state index < -0.39 is 26.0 Å². The Hall–Kier alpha value is -0.870. The average Bonchev–Trinajstić information content (AvgIpc) is 2.63. The van der Waals surface area contributed by atoms with E-state index in [2.05, 4.69) is 5.09 Å². The molecule has 16 heavy (non-hydrogen) atoms. The second-order valence-corrected chi connectivity index (χ2v) is 5.35. The summed E-state index contributed by atoms with van der Waals surface area (Å²) in [6.45, 7) is 3.57. The maximum atomic E-state index is 11.9. The lowest BCUT2D eigenvalue weighted by Crippen LogP contribution is -2.47. The summed E-state index contributed by atoms with van der Waals surface area (Å²) in [5.74, 6) is -1.26. The third-order valence-corrected chi connectivity index (χ3v) is 3.45. The van der Waals surface area contributed by atoms with Crippen LogP contribution in [0.2, 0.25) is 0 Å². The van der Waals surface area contributed by atoms with E-state index in [0.717, 1.165) is 0 Å². The van der Waals surface area contributed by atoms with Crippen molar-refractivity contribution in [3.63, 3.8) is 0 Å². The molecule has 1 amide bonds. The first-order valence-corrected chi connectivity index (χ1v) is 7.14. The van der Waals surface area contributed by atoms with Gasteiger partial charge in [0.05, 0.1) is 6.04 Å². The summed E-state index contributed by atoms with van der Waals surface area (Å²) in [6.07, 6.45) is 1.20. The molecule has 0 aromatic carbocycles. The van der Waals surface area contributed by atoms with E-state index in [0.29, 0.717) is 19.4 Å². The number of nitrogens with zero attached hydrogens (tertiary/aromatic N) is 1. The van der Waals surface area contributed by atoms with Gasteiger partial charge in [-0.05, 0) is 26.4 Å². The summed E-state index contributed by atoms with van der Waals surface area (Å²) in [5.41, 5.74) is 0. The fraction of sp³-hybridized carbons (Fsp3) is 0.778. The van der Waals surface area contributed by atoms with Crippen molar-refractivity contribution >= 4 is 19.8 Å². The van der Waals surface area contributed by atoms with Gasteiger partial charge in [-0.25, -0.2) is 4.79 Å². The Morgan fingerprint density at radius 3 is 2.69 bits per heavy atom. The number of rotatable bonds is 4. The van der Waals surface area contributed by atoms with Gasteiger partial charge in [0.25, 0.3) is 0 Å². The third kappa shape index (κ3) is 3.06. The SMILES string of the molecule is C[C@H](N[PH](C)=O)C(=O)N1CCC[C@H]1C(=O)O. The lowest BCUT2D eigenvalue weighted by atomic mass is 10.2. The van der Waals surface area contributed by atoms with E-state index in [4.69, 9.17) is 5.11 Å². The summed E-state index contributed by atoms with van der Waals surface area (Å²) in [6, 6.07) is -1.31. The molecule has 0 saturated carbocycles. The van der Waals surface area contributed by atoms with Gasteiger partial charge in [0, 0.05) is 6.54 Å². The minimum atomic E-state index is -1.94. The van der Waals surface area contributed by atoms with E-state index in [1.54, 1.807) is 6.92 Å². The van der Waals surface area contributed by atoms with Gasteiger partial charge in [0.2, 0.25) is 5.91 Å². The van der Waals surface area contributed by atoms with Crippen LogP contribution in [0.25, 0.3) is 0 Å². The van der Waals surface area contributed by atoms with Crippen molar-refractivity contribution in [2.45, 2.75) is 31.8 Å². The number of carboxylic acid groups (broad SMARTS) is 1. The molecule has 1 heterocycles. The van der Waals surface area contributed by atoms with E-state index >= 15 is 0 Å². The molecule has 1 rings (SSSR count). The van der Waals surface area contributed by atoms with E-state index in [9.17, 15) is 14.2 Å². The van der Waals surface area contributed by atoms with Gasteiger partial charge in [-0.3, -0.25) is 9.88 Å². The average molecular weight is 248 g/mol. The number of amides is 1. The Morgan fingerprint density at radius 2 is 2.19 bits per heavy atom. The van der Waals surface area contributed by atoms with Crippen molar-refractivity contribution in [3.8, 4) is 0 Å². The molecule has 1 aliphatic rings. The number of likely N-dealkylation sites (tertiary alicyclic amines) is 1. The zero-order chi connectivity index (χ0) is 12.3. The molecule has 2 N–H and O–H groups in total. The Bertz CT molecular complexity index is 321. The summed E-state index contributed by atoms with van der Waals surface area (Å²) < 4.78 is 11.0. The normalized spacial score (nSPS) is 24.1. The van der Waals surface area contributed by atoms with Crippen LogP contribution in [0.5, 0.6) is 0 Å². The first-order valence-electron chi connectivity index (χ1n) is 5.24. The molecule has 0 aromatic rings. The van der Waals surface area contributed by atoms with Crippen LogP contribution in [0.4, 0.5) is 0 Å². The van der Waals surface area contributed by atoms with Crippen LogP contribution in [-0.4, -0.2) is 47.2 Å². The molecular formula is C9H17N2O4P. The summed E-state index contributed by atoms with van der Waals surface area (Å²) >= 11 is 0. The Labute approximate surface area is 94.8 Å². The molecule has 0 bridgehead atoms. The minimum absolute atomic E-state index is 0.287. The monoisotopic (exact) mass is 248 g/mol. The van der Waals surface area contributed by atoms with Gasteiger partial charge >= 0.3 is 5.97 Å². The largest absolute Gasteiger partial charge is 0.480 e. The van der Waals surface area contributed by atoms with Crippen molar-refractivity contribution in [1.82, 2.24) is 9.99 Å². The van der Waals surface area contributed by atoms with E-state index in [-0.39, 0.29) is 5.91 Å². The molecule has 6 nitrogen and oxygen atoms in total. The summed E-state index contributed by atoms with van der Waals surface area (Å²) in [5, 5.41) is 11.6. The number of carbonyl (C=O) groups excluding carboxylic acids is 1. The van der Waals surface area contributed by atoms with Gasteiger partial charge in [-0.15, -0.1) is 0 Å². The maximum absolute atomic E-state index is 11.9. The highest BCUT2D eigenvalue weighted by atomic mass is 31.1. The van der Waals surface area contributed by atoms with Gasteiger partial charge in [0.1, 0.15) is 14.0 Å². The molecule has 0 aliphatic carbocycles.